The van der Waals surface area contributed by atoms with E-state index in [1.807, 2.05) is 24.3 Å². The fourth-order valence-electron chi connectivity index (χ4n) is 3.34. The average molecular weight is 509 g/mol. The number of hydrogen-bond acceptors (Lipinski definition) is 4. The molecule has 0 unspecified atom stereocenters. The maximum Gasteiger partial charge on any atom is 0.194 e. The largest absolute Gasteiger partial charge is 0.495 e. The number of piperazine rings is 1. The van der Waals surface area contributed by atoms with Gasteiger partial charge < -0.3 is 19.9 Å². The van der Waals surface area contributed by atoms with Crippen LogP contribution in [0.5, 0.6) is 5.75 Å². The Balaban J connectivity index is 0.00000300. The molecule has 0 atom stereocenters. The molecule has 3 rings (SSSR count). The van der Waals surface area contributed by atoms with Crippen LogP contribution in [0.1, 0.15) is 11.1 Å². The van der Waals surface area contributed by atoms with Crippen molar-refractivity contribution in [1.82, 2.24) is 10.2 Å². The number of anilines is 1. The molecule has 0 aromatic heterocycles. The molecule has 154 valence electrons. The molecule has 6 nitrogen and oxygen atoms in total. The van der Waals surface area contributed by atoms with Crippen molar-refractivity contribution in [2.75, 3.05) is 45.2 Å². The molecule has 0 aliphatic carbocycles. The molecule has 1 fully saturated rings. The fraction of sp³-hybridized carbons (Fsp3) is 0.333. The number of nitriles is 1. The van der Waals surface area contributed by atoms with E-state index < -0.39 is 0 Å². The van der Waals surface area contributed by atoms with E-state index in [2.05, 4.69) is 26.2 Å². The summed E-state index contributed by atoms with van der Waals surface area (Å²) in [4.78, 5) is 8.77. The van der Waals surface area contributed by atoms with Gasteiger partial charge >= 0.3 is 0 Å². The number of nitrogens with one attached hydrogen (secondary N) is 1. The van der Waals surface area contributed by atoms with Gasteiger partial charge in [0, 0.05) is 45.3 Å². The van der Waals surface area contributed by atoms with Crippen molar-refractivity contribution >= 4 is 35.6 Å². The van der Waals surface area contributed by atoms with Gasteiger partial charge in [0.15, 0.2) is 5.96 Å². The zero-order valence-corrected chi connectivity index (χ0v) is 18.9. The topological polar surface area (TPSA) is 63.9 Å². The number of rotatable bonds is 4. The summed E-state index contributed by atoms with van der Waals surface area (Å²) in [5, 5.41) is 12.2. The van der Waals surface area contributed by atoms with E-state index in [0.29, 0.717) is 11.1 Å². The standard InChI is InChI=1S/C21H24FN5O.HI/c1-24-21(25-15-17-13-16(14-23)7-8-18(17)22)27-11-9-26(10-12-27)19-5-3-4-6-20(19)28-2;/h3-8,13H,9-12,15H2,1-2H3,(H,24,25);1H. The predicted molar refractivity (Wildman–Crippen MR) is 124 cm³/mol. The van der Waals surface area contributed by atoms with Gasteiger partial charge in [-0.15, -0.1) is 24.0 Å². The quantitative estimate of drug-likeness (QED) is 0.390. The molecule has 0 bridgehead atoms. The minimum absolute atomic E-state index is 0. The molecule has 0 radical (unpaired) electrons. The summed E-state index contributed by atoms with van der Waals surface area (Å²) in [5.41, 5.74) is 1.98. The Morgan fingerprint density at radius 2 is 1.93 bits per heavy atom. The molecule has 0 spiro atoms. The zero-order chi connectivity index (χ0) is 19.9. The van der Waals surface area contributed by atoms with Crippen molar-refractivity contribution in [3.05, 3.63) is 59.4 Å². The van der Waals surface area contributed by atoms with Crippen molar-refractivity contribution in [1.29, 1.82) is 5.26 Å². The molecule has 0 saturated carbocycles. The molecule has 8 heteroatoms. The van der Waals surface area contributed by atoms with Crippen LogP contribution in [0.3, 0.4) is 0 Å². The monoisotopic (exact) mass is 509 g/mol. The third-order valence-electron chi connectivity index (χ3n) is 4.83. The van der Waals surface area contributed by atoms with Crippen molar-refractivity contribution in [2.24, 2.45) is 4.99 Å². The van der Waals surface area contributed by atoms with Gasteiger partial charge in [-0.25, -0.2) is 4.39 Å². The number of nitrogens with zero attached hydrogens (tertiary/aromatic N) is 4. The van der Waals surface area contributed by atoms with Gasteiger partial charge in [0.25, 0.3) is 0 Å². The fourth-order valence-corrected chi connectivity index (χ4v) is 3.34. The normalized spacial score (nSPS) is 14.1. The van der Waals surface area contributed by atoms with Crippen LogP contribution in [0.2, 0.25) is 0 Å². The minimum Gasteiger partial charge on any atom is -0.495 e. The van der Waals surface area contributed by atoms with Gasteiger partial charge in [-0.3, -0.25) is 4.99 Å². The first-order chi connectivity index (χ1) is 13.7. The number of halogens is 2. The van der Waals surface area contributed by atoms with Crippen LogP contribution in [-0.2, 0) is 6.54 Å². The molecule has 29 heavy (non-hydrogen) atoms. The van der Waals surface area contributed by atoms with Gasteiger partial charge in [-0.05, 0) is 30.3 Å². The summed E-state index contributed by atoms with van der Waals surface area (Å²) in [7, 11) is 3.40. The lowest BCUT2D eigenvalue weighted by Crippen LogP contribution is -2.52. The second-order valence-corrected chi connectivity index (χ2v) is 6.46. The maximum atomic E-state index is 14.0. The number of methoxy groups -OCH3 is 1. The highest BCUT2D eigenvalue weighted by Crippen LogP contribution is 2.28. The van der Waals surface area contributed by atoms with Crippen LogP contribution in [0.25, 0.3) is 0 Å². The number of guanidine groups is 1. The first kappa shape index (κ1) is 22.7. The van der Waals surface area contributed by atoms with E-state index in [4.69, 9.17) is 10.00 Å². The summed E-state index contributed by atoms with van der Waals surface area (Å²) >= 11 is 0. The number of benzene rings is 2. The van der Waals surface area contributed by atoms with Crippen molar-refractivity contribution < 1.29 is 9.13 Å². The predicted octanol–water partition coefficient (Wildman–Crippen LogP) is 3.22. The Bertz CT molecular complexity index is 891. The highest BCUT2D eigenvalue weighted by molar-refractivity contribution is 14.0. The Morgan fingerprint density at radius 1 is 1.21 bits per heavy atom. The average Bonchev–Trinajstić information content (AvgIpc) is 2.75. The summed E-state index contributed by atoms with van der Waals surface area (Å²) < 4.78 is 19.5. The van der Waals surface area contributed by atoms with Crippen LogP contribution >= 0.6 is 24.0 Å². The maximum absolute atomic E-state index is 14.0. The van der Waals surface area contributed by atoms with Crippen LogP contribution in [0, 0.1) is 17.1 Å². The third-order valence-corrected chi connectivity index (χ3v) is 4.83. The molecule has 1 N–H and O–H groups in total. The molecule has 2 aromatic carbocycles. The second kappa shape index (κ2) is 10.9. The summed E-state index contributed by atoms with van der Waals surface area (Å²) in [6, 6.07) is 14.4. The Morgan fingerprint density at radius 3 is 2.59 bits per heavy atom. The van der Waals surface area contributed by atoms with Crippen molar-refractivity contribution in [3.8, 4) is 11.8 Å². The number of ether oxygens (including phenoxy) is 1. The minimum atomic E-state index is -0.331. The van der Waals surface area contributed by atoms with Gasteiger partial charge in [0.05, 0.1) is 24.4 Å². The van der Waals surface area contributed by atoms with E-state index in [1.165, 1.54) is 12.1 Å². The van der Waals surface area contributed by atoms with Crippen LogP contribution < -0.4 is 15.0 Å². The van der Waals surface area contributed by atoms with Crippen LogP contribution in [-0.4, -0.2) is 51.2 Å². The molecule has 1 saturated heterocycles. The zero-order valence-electron chi connectivity index (χ0n) is 16.6. The van der Waals surface area contributed by atoms with Crippen LogP contribution in [0.15, 0.2) is 47.5 Å². The summed E-state index contributed by atoms with van der Waals surface area (Å²) in [6.45, 7) is 3.52. The van der Waals surface area contributed by atoms with E-state index in [1.54, 1.807) is 20.2 Å². The third kappa shape index (κ3) is 5.50. The van der Waals surface area contributed by atoms with Gasteiger partial charge in [0.1, 0.15) is 11.6 Å². The number of hydrogen-bond donors (Lipinski definition) is 1. The van der Waals surface area contributed by atoms with Gasteiger partial charge in [-0.1, -0.05) is 12.1 Å². The molecular weight excluding hydrogens is 484 g/mol. The Kier molecular flexibility index (Phi) is 8.51. The molecule has 1 aliphatic rings. The summed E-state index contributed by atoms with van der Waals surface area (Å²) in [6.07, 6.45) is 0. The smallest absolute Gasteiger partial charge is 0.194 e. The Labute approximate surface area is 188 Å². The number of para-hydroxylation sites is 2. The molecule has 1 heterocycles. The molecular formula is C21H25FIN5O. The summed E-state index contributed by atoms with van der Waals surface area (Å²) in [5.74, 6) is 1.26. The molecule has 1 aliphatic heterocycles. The Hall–Kier alpha value is -2.54. The molecule has 2 aromatic rings. The van der Waals surface area contributed by atoms with Crippen molar-refractivity contribution in [2.45, 2.75) is 6.54 Å². The highest BCUT2D eigenvalue weighted by Gasteiger charge is 2.21. The van der Waals surface area contributed by atoms with Crippen LogP contribution in [0.4, 0.5) is 10.1 Å². The first-order valence-corrected chi connectivity index (χ1v) is 9.18. The first-order valence-electron chi connectivity index (χ1n) is 9.18. The second-order valence-electron chi connectivity index (χ2n) is 6.46. The lowest BCUT2D eigenvalue weighted by atomic mass is 10.1. The number of aliphatic imine (C=N–C) groups is 1. The molecule has 0 amide bonds. The van der Waals surface area contributed by atoms with Crippen molar-refractivity contribution in [3.63, 3.8) is 0 Å². The lowest BCUT2D eigenvalue weighted by molar-refractivity contribution is 0.366. The van der Waals surface area contributed by atoms with E-state index in [-0.39, 0.29) is 36.3 Å². The van der Waals surface area contributed by atoms with E-state index in [0.717, 1.165) is 43.6 Å². The van der Waals surface area contributed by atoms with E-state index in [9.17, 15) is 4.39 Å². The highest BCUT2D eigenvalue weighted by atomic mass is 127. The SMILES string of the molecule is CN=C(NCc1cc(C#N)ccc1F)N1CCN(c2ccccc2OC)CC1.I. The van der Waals surface area contributed by atoms with E-state index >= 15 is 0 Å². The lowest BCUT2D eigenvalue weighted by Gasteiger charge is -2.38. The van der Waals surface area contributed by atoms with Gasteiger partial charge in [0.2, 0.25) is 0 Å². The van der Waals surface area contributed by atoms with Gasteiger partial charge in [-0.2, -0.15) is 5.26 Å².